The zero-order valence-electron chi connectivity index (χ0n) is 21.2. The summed E-state index contributed by atoms with van der Waals surface area (Å²) in [5.41, 5.74) is -0.749. The van der Waals surface area contributed by atoms with Crippen LogP contribution in [0.2, 0.25) is 36.3 Å². The second-order valence-corrected chi connectivity index (χ2v) is 22.4. The Morgan fingerprint density at radius 2 is 1.20 bits per heavy atom. The third-order valence-electron chi connectivity index (χ3n) is 7.77. The van der Waals surface area contributed by atoms with Crippen molar-refractivity contribution >= 4 is 16.6 Å². The van der Waals surface area contributed by atoms with Crippen LogP contribution in [0.4, 0.5) is 0 Å². The maximum atomic E-state index is 6.69. The van der Waals surface area contributed by atoms with Crippen LogP contribution in [0, 0.1) is 0 Å². The molecule has 176 valence electrons. The molecule has 0 saturated carbocycles. The molecular formula is C22H44O6Si2. The second-order valence-electron chi connectivity index (χ2n) is 12.8. The lowest BCUT2D eigenvalue weighted by molar-refractivity contribution is -0.218. The van der Waals surface area contributed by atoms with Gasteiger partial charge in [0.25, 0.3) is 0 Å². The molecule has 3 saturated heterocycles. The number of rotatable bonds is 6. The van der Waals surface area contributed by atoms with E-state index in [9.17, 15) is 0 Å². The van der Waals surface area contributed by atoms with Crippen molar-refractivity contribution in [1.29, 1.82) is 0 Å². The fourth-order valence-electron chi connectivity index (χ4n) is 3.48. The van der Waals surface area contributed by atoms with Crippen LogP contribution in [0.1, 0.15) is 55.4 Å². The van der Waals surface area contributed by atoms with E-state index in [2.05, 4.69) is 67.7 Å². The van der Waals surface area contributed by atoms with Gasteiger partial charge in [0.15, 0.2) is 28.7 Å². The van der Waals surface area contributed by atoms with Crippen LogP contribution >= 0.6 is 0 Å². The Kier molecular flexibility index (Phi) is 6.08. The monoisotopic (exact) mass is 460 g/mol. The minimum absolute atomic E-state index is 0.0642. The molecule has 4 atom stereocenters. The summed E-state index contributed by atoms with van der Waals surface area (Å²) in [5, 5.41) is 0.209. The first-order valence-electron chi connectivity index (χ1n) is 11.3. The first kappa shape index (κ1) is 24.8. The van der Waals surface area contributed by atoms with Gasteiger partial charge in [0, 0.05) is 0 Å². The lowest BCUT2D eigenvalue weighted by atomic mass is 9.90. The van der Waals surface area contributed by atoms with Crippen LogP contribution < -0.4 is 0 Å². The van der Waals surface area contributed by atoms with Gasteiger partial charge in [-0.2, -0.15) is 0 Å². The SMILES string of the molecule is CC1(C)O[C@@H]2[C@H]3O[C@H]3OC(CO[Si](C)(C)C(C)(C)C)(CO[Si](C)(C)C(C)(C)C)[C@@H]2O1. The molecule has 3 rings (SSSR count). The summed E-state index contributed by atoms with van der Waals surface area (Å²) in [6, 6.07) is 0. The van der Waals surface area contributed by atoms with Gasteiger partial charge in [-0.3, -0.25) is 0 Å². The Bertz CT molecular complexity index is 619. The van der Waals surface area contributed by atoms with E-state index in [1.165, 1.54) is 0 Å². The van der Waals surface area contributed by atoms with Crippen molar-refractivity contribution < 1.29 is 27.8 Å². The molecule has 3 aliphatic heterocycles. The molecule has 0 amide bonds. The van der Waals surface area contributed by atoms with Gasteiger partial charge in [0.05, 0.1) is 13.2 Å². The number of fused-ring (bicyclic) bond motifs is 3. The summed E-state index contributed by atoms with van der Waals surface area (Å²) in [6.45, 7) is 27.3. The van der Waals surface area contributed by atoms with E-state index in [1.54, 1.807) is 0 Å². The van der Waals surface area contributed by atoms with Gasteiger partial charge >= 0.3 is 0 Å². The average molecular weight is 461 g/mol. The Morgan fingerprint density at radius 1 is 0.733 bits per heavy atom. The Balaban J connectivity index is 1.89. The van der Waals surface area contributed by atoms with Crippen LogP contribution in [0.15, 0.2) is 0 Å². The predicted octanol–water partition coefficient (Wildman–Crippen LogP) is 5.04. The summed E-state index contributed by atoms with van der Waals surface area (Å²) in [4.78, 5) is 0. The van der Waals surface area contributed by atoms with E-state index in [4.69, 9.17) is 27.8 Å². The number of hydrogen-bond donors (Lipinski definition) is 0. The Labute approximate surface area is 185 Å². The topological polar surface area (TPSA) is 58.7 Å². The zero-order chi connectivity index (χ0) is 23.0. The first-order valence-corrected chi connectivity index (χ1v) is 17.1. The molecule has 3 fully saturated rings. The lowest BCUT2D eigenvalue weighted by Gasteiger charge is -2.47. The van der Waals surface area contributed by atoms with Gasteiger partial charge in [-0.25, -0.2) is 0 Å². The van der Waals surface area contributed by atoms with Gasteiger partial charge in [-0.15, -0.1) is 0 Å². The number of hydrogen-bond acceptors (Lipinski definition) is 6. The van der Waals surface area contributed by atoms with Crippen molar-refractivity contribution in [3.05, 3.63) is 0 Å². The van der Waals surface area contributed by atoms with Crippen LogP contribution in [0.25, 0.3) is 0 Å². The Morgan fingerprint density at radius 3 is 1.63 bits per heavy atom. The summed E-state index contributed by atoms with van der Waals surface area (Å²) >= 11 is 0. The largest absolute Gasteiger partial charge is 0.414 e. The third-order valence-corrected chi connectivity index (χ3v) is 16.7. The molecule has 0 radical (unpaired) electrons. The summed E-state index contributed by atoms with van der Waals surface area (Å²) in [5.74, 6) is -0.682. The van der Waals surface area contributed by atoms with Crippen molar-refractivity contribution in [1.82, 2.24) is 0 Å². The van der Waals surface area contributed by atoms with E-state index in [-0.39, 0.29) is 34.7 Å². The highest BCUT2D eigenvalue weighted by molar-refractivity contribution is 6.74. The van der Waals surface area contributed by atoms with Gasteiger partial charge in [-0.1, -0.05) is 41.5 Å². The maximum absolute atomic E-state index is 6.69. The average Bonchev–Trinajstić information content (AvgIpc) is 3.23. The molecule has 0 aromatic heterocycles. The van der Waals surface area contributed by atoms with Crippen molar-refractivity contribution in [2.45, 2.75) is 128 Å². The number of epoxide rings is 1. The molecule has 30 heavy (non-hydrogen) atoms. The van der Waals surface area contributed by atoms with Gasteiger partial charge in [-0.05, 0) is 50.1 Å². The molecule has 0 aliphatic carbocycles. The van der Waals surface area contributed by atoms with Crippen molar-refractivity contribution in [3.8, 4) is 0 Å². The summed E-state index contributed by atoms with van der Waals surface area (Å²) < 4.78 is 38.4. The molecular weight excluding hydrogens is 416 g/mol. The second kappa shape index (κ2) is 7.35. The molecule has 8 heteroatoms. The molecule has 0 bridgehead atoms. The normalized spacial score (nSPS) is 33.2. The maximum Gasteiger partial charge on any atom is 0.192 e. The fraction of sp³-hybridized carbons (Fsp3) is 1.00. The summed E-state index contributed by atoms with van der Waals surface area (Å²) in [6.07, 6.45) is -0.781. The third kappa shape index (κ3) is 4.62. The highest BCUT2D eigenvalue weighted by Gasteiger charge is 2.69. The molecule has 3 aliphatic rings. The smallest absolute Gasteiger partial charge is 0.192 e. The zero-order valence-corrected chi connectivity index (χ0v) is 23.2. The quantitative estimate of drug-likeness (QED) is 0.409. The van der Waals surface area contributed by atoms with Gasteiger partial charge in [0.2, 0.25) is 0 Å². The van der Waals surface area contributed by atoms with E-state index in [0.717, 1.165) is 0 Å². The fourth-order valence-corrected chi connectivity index (χ4v) is 5.56. The Hall–Kier alpha value is 0.194. The molecule has 0 N–H and O–H groups in total. The molecule has 0 aromatic carbocycles. The first-order chi connectivity index (χ1) is 13.3. The van der Waals surface area contributed by atoms with Crippen LogP contribution in [0.3, 0.4) is 0 Å². The van der Waals surface area contributed by atoms with Crippen LogP contribution in [-0.4, -0.2) is 65.8 Å². The molecule has 0 unspecified atom stereocenters. The predicted molar refractivity (Wildman–Crippen MR) is 123 cm³/mol. The molecule has 0 aromatic rings. The van der Waals surface area contributed by atoms with E-state index < -0.39 is 28.0 Å². The standard InChI is InChI=1S/C22H44O6Si2/c1-19(2,3)29(9,10)23-13-22(14-24-30(11,12)20(4,5)6)17-15(16-18(25-16)28-22)26-21(7,8)27-17/h15-18H,13-14H2,1-12H3/t15-,16-,17-,18+/m1/s1. The van der Waals surface area contributed by atoms with E-state index in [1.807, 2.05) is 13.8 Å². The molecule has 0 spiro atoms. The van der Waals surface area contributed by atoms with Crippen molar-refractivity contribution in [2.75, 3.05) is 13.2 Å². The van der Waals surface area contributed by atoms with Crippen molar-refractivity contribution in [3.63, 3.8) is 0 Å². The highest BCUT2D eigenvalue weighted by atomic mass is 28.4. The lowest BCUT2D eigenvalue weighted by Crippen LogP contribution is -2.63. The van der Waals surface area contributed by atoms with E-state index >= 15 is 0 Å². The minimum atomic E-state index is -2.00. The molecule has 3 heterocycles. The van der Waals surface area contributed by atoms with Crippen molar-refractivity contribution in [2.24, 2.45) is 0 Å². The van der Waals surface area contributed by atoms with Gasteiger partial charge in [0.1, 0.15) is 23.9 Å². The van der Waals surface area contributed by atoms with Crippen LogP contribution in [-0.2, 0) is 27.8 Å². The minimum Gasteiger partial charge on any atom is -0.414 e. The van der Waals surface area contributed by atoms with E-state index in [0.29, 0.717) is 13.2 Å². The van der Waals surface area contributed by atoms with Crippen LogP contribution in [0.5, 0.6) is 0 Å². The van der Waals surface area contributed by atoms with Gasteiger partial charge < -0.3 is 27.8 Å². The highest BCUT2D eigenvalue weighted by Crippen LogP contribution is 2.51. The summed E-state index contributed by atoms with van der Waals surface area (Å²) in [7, 11) is -3.99. The molecule has 6 nitrogen and oxygen atoms in total. The number of ether oxygens (including phenoxy) is 4.